The van der Waals surface area contributed by atoms with Crippen molar-refractivity contribution in [2.24, 2.45) is 7.05 Å². The van der Waals surface area contributed by atoms with Crippen molar-refractivity contribution < 1.29 is 9.67 Å². The Morgan fingerprint density at radius 1 is 1.10 bits per heavy atom. The highest BCUT2D eigenvalue weighted by atomic mass is 35.5. The predicted octanol–water partition coefficient (Wildman–Crippen LogP) is 3.82. The fourth-order valence-electron chi connectivity index (χ4n) is 4.08. The Bertz CT molecular complexity index is 1340. The van der Waals surface area contributed by atoms with Gasteiger partial charge in [0.25, 0.3) is 0 Å². The lowest BCUT2D eigenvalue weighted by atomic mass is 9.99. The van der Waals surface area contributed by atoms with Crippen LogP contribution in [0, 0.1) is 0 Å². The molecule has 0 amide bonds. The Hall–Kier alpha value is -3.09. The lowest BCUT2D eigenvalue weighted by Crippen LogP contribution is -2.43. The van der Waals surface area contributed by atoms with Crippen LogP contribution in [0.5, 0.6) is 5.75 Å². The first-order valence-electron chi connectivity index (χ1n) is 9.81. The minimum Gasteiger partial charge on any atom is -0.872 e. The van der Waals surface area contributed by atoms with Gasteiger partial charge in [-0.15, -0.1) is 0 Å². The first-order chi connectivity index (χ1) is 15.1. The summed E-state index contributed by atoms with van der Waals surface area (Å²) in [5.74, 6) is 0.587. The molecule has 2 aromatic heterocycles. The van der Waals surface area contributed by atoms with Crippen LogP contribution in [0.2, 0.25) is 5.15 Å². The molecule has 0 fully saturated rings. The van der Waals surface area contributed by atoms with Gasteiger partial charge < -0.3 is 5.11 Å². The van der Waals surface area contributed by atoms with Crippen molar-refractivity contribution in [2.75, 3.05) is 5.75 Å². The van der Waals surface area contributed by atoms with Crippen LogP contribution >= 0.6 is 23.4 Å². The molecule has 5 rings (SSSR count). The van der Waals surface area contributed by atoms with Crippen molar-refractivity contribution in [1.82, 2.24) is 9.55 Å². The third-order valence-electron chi connectivity index (χ3n) is 5.52. The summed E-state index contributed by atoms with van der Waals surface area (Å²) < 4.78 is 3.78. The van der Waals surface area contributed by atoms with E-state index in [1.807, 2.05) is 58.6 Å². The second kappa shape index (κ2) is 7.87. The van der Waals surface area contributed by atoms with E-state index in [2.05, 4.69) is 4.98 Å². The smallest absolute Gasteiger partial charge is 0.347 e. The molecular formula is C24H18ClN3O2S. The fourth-order valence-corrected chi connectivity index (χ4v) is 5.47. The molecule has 154 valence electrons. The van der Waals surface area contributed by atoms with E-state index in [1.54, 1.807) is 36.2 Å². The van der Waals surface area contributed by atoms with Crippen molar-refractivity contribution in [1.29, 1.82) is 0 Å². The van der Waals surface area contributed by atoms with Crippen LogP contribution < -0.4 is 15.2 Å². The summed E-state index contributed by atoms with van der Waals surface area (Å²) in [4.78, 5) is 18.2. The summed E-state index contributed by atoms with van der Waals surface area (Å²) in [6.07, 6.45) is 1.72. The lowest BCUT2D eigenvalue weighted by molar-refractivity contribution is -0.704. The van der Waals surface area contributed by atoms with Crippen LogP contribution in [0.25, 0.3) is 22.4 Å². The van der Waals surface area contributed by atoms with E-state index in [-0.39, 0.29) is 17.4 Å². The number of aromatic nitrogens is 3. The summed E-state index contributed by atoms with van der Waals surface area (Å²) in [7, 11) is 1.91. The molecule has 0 N–H and O–H groups in total. The third kappa shape index (κ3) is 3.32. The minimum atomic E-state index is -0.164. The summed E-state index contributed by atoms with van der Waals surface area (Å²) in [6, 6.07) is 19.8. The van der Waals surface area contributed by atoms with Gasteiger partial charge in [-0.1, -0.05) is 78.0 Å². The van der Waals surface area contributed by atoms with Gasteiger partial charge in [0.2, 0.25) is 0 Å². The number of halogens is 1. The summed E-state index contributed by atoms with van der Waals surface area (Å²) in [5, 5.41) is 14.0. The molecule has 0 unspecified atom stereocenters. The van der Waals surface area contributed by atoms with Crippen molar-refractivity contribution in [3.8, 4) is 28.1 Å². The van der Waals surface area contributed by atoms with E-state index in [9.17, 15) is 9.90 Å². The molecule has 7 heteroatoms. The normalized spacial score (nSPS) is 15.1. The molecule has 0 saturated heterocycles. The van der Waals surface area contributed by atoms with Gasteiger partial charge in [0.15, 0.2) is 0 Å². The van der Waals surface area contributed by atoms with Gasteiger partial charge in [0, 0.05) is 17.3 Å². The van der Waals surface area contributed by atoms with Gasteiger partial charge in [-0.25, -0.2) is 14.3 Å². The topological polar surface area (TPSA) is 61.8 Å². The lowest BCUT2D eigenvalue weighted by Gasteiger charge is -2.18. The first-order valence-corrected chi connectivity index (χ1v) is 11.2. The van der Waals surface area contributed by atoms with Gasteiger partial charge >= 0.3 is 10.7 Å². The molecule has 4 aromatic rings. The molecule has 3 heterocycles. The van der Waals surface area contributed by atoms with E-state index in [0.717, 1.165) is 16.3 Å². The molecule has 1 aliphatic rings. The van der Waals surface area contributed by atoms with E-state index >= 15 is 0 Å². The number of nitrogens with zero attached hydrogens (tertiary/aromatic N) is 3. The van der Waals surface area contributed by atoms with Crippen LogP contribution in [-0.4, -0.2) is 15.3 Å². The molecule has 31 heavy (non-hydrogen) atoms. The Kier molecular flexibility index (Phi) is 5.04. The molecular weight excluding hydrogens is 430 g/mol. The highest BCUT2D eigenvalue weighted by molar-refractivity contribution is 7.99. The average molecular weight is 448 g/mol. The second-order valence-electron chi connectivity index (χ2n) is 7.34. The Balaban J connectivity index is 1.83. The van der Waals surface area contributed by atoms with Gasteiger partial charge in [-0.05, 0) is 23.4 Å². The van der Waals surface area contributed by atoms with Crippen LogP contribution in [0.3, 0.4) is 0 Å². The Morgan fingerprint density at radius 2 is 1.84 bits per heavy atom. The standard InChI is InChI=1S/C24H18ClN3O2S/c1-27-22(17-9-5-6-10-19(17)29)21(15-7-3-2-4-8-15)23(30)28-18(14-31-24(27)28)16-11-12-20(25)26-13-16/h2-13,18H,14H2,1H3/t18-/m1/s1. The first kappa shape index (κ1) is 19.8. The average Bonchev–Trinajstić information content (AvgIpc) is 3.24. The molecule has 1 aliphatic heterocycles. The van der Waals surface area contributed by atoms with E-state index in [4.69, 9.17) is 11.6 Å². The van der Waals surface area contributed by atoms with Crippen LogP contribution in [0.4, 0.5) is 0 Å². The number of fused-ring (bicyclic) bond motifs is 1. The third-order valence-corrected chi connectivity index (χ3v) is 6.95. The number of pyridine rings is 1. The zero-order valence-corrected chi connectivity index (χ0v) is 18.2. The predicted molar refractivity (Wildman–Crippen MR) is 120 cm³/mol. The summed E-state index contributed by atoms with van der Waals surface area (Å²) >= 11 is 7.56. The maximum absolute atomic E-state index is 14.0. The molecule has 0 bridgehead atoms. The SMILES string of the molecule is C[n+]1c(-c2ccccc2[O-])c(-c2ccccc2)c(=O)n2c1SC[C@@H]2c1ccc(Cl)nc1. The summed E-state index contributed by atoms with van der Waals surface area (Å²) in [6.45, 7) is 0. The van der Waals surface area contributed by atoms with Gasteiger partial charge in [-0.2, -0.15) is 4.57 Å². The number of hydrogen-bond acceptors (Lipinski definition) is 4. The molecule has 0 aliphatic carbocycles. The molecule has 2 aromatic carbocycles. The molecule has 0 spiro atoms. The second-order valence-corrected chi connectivity index (χ2v) is 8.72. The molecule has 1 atom stereocenters. The van der Waals surface area contributed by atoms with Crippen molar-refractivity contribution >= 4 is 23.4 Å². The fraction of sp³-hybridized carbons (Fsp3) is 0.125. The maximum atomic E-state index is 14.0. The van der Waals surface area contributed by atoms with Crippen LogP contribution in [0.15, 0.2) is 82.9 Å². The number of thioether (sulfide) groups is 1. The van der Waals surface area contributed by atoms with Gasteiger partial charge in [0.1, 0.15) is 22.5 Å². The van der Waals surface area contributed by atoms with E-state index < -0.39 is 0 Å². The highest BCUT2D eigenvalue weighted by Gasteiger charge is 2.39. The van der Waals surface area contributed by atoms with Crippen LogP contribution in [0.1, 0.15) is 11.6 Å². The van der Waals surface area contributed by atoms with Gasteiger partial charge in [-0.3, -0.25) is 0 Å². The molecule has 5 nitrogen and oxygen atoms in total. The zero-order chi connectivity index (χ0) is 21.5. The van der Waals surface area contributed by atoms with Crippen molar-refractivity contribution in [2.45, 2.75) is 11.2 Å². The number of benzene rings is 2. The number of para-hydroxylation sites is 1. The summed E-state index contributed by atoms with van der Waals surface area (Å²) in [5.41, 5.74) is 3.25. The monoisotopic (exact) mass is 447 g/mol. The maximum Gasteiger partial charge on any atom is 0.347 e. The largest absolute Gasteiger partial charge is 0.872 e. The minimum absolute atomic E-state index is 0.110. The number of hydrogen-bond donors (Lipinski definition) is 0. The zero-order valence-electron chi connectivity index (χ0n) is 16.7. The number of rotatable bonds is 3. The van der Waals surface area contributed by atoms with Gasteiger partial charge in [0.05, 0.1) is 12.8 Å². The Labute approximate surface area is 188 Å². The Morgan fingerprint density at radius 3 is 2.55 bits per heavy atom. The van der Waals surface area contributed by atoms with Crippen LogP contribution in [-0.2, 0) is 7.05 Å². The van der Waals surface area contributed by atoms with Crippen molar-refractivity contribution in [3.63, 3.8) is 0 Å². The van der Waals surface area contributed by atoms with E-state index in [1.165, 1.54) is 6.07 Å². The van der Waals surface area contributed by atoms with E-state index in [0.29, 0.717) is 27.7 Å². The molecule has 0 saturated carbocycles. The molecule has 0 radical (unpaired) electrons. The highest BCUT2D eigenvalue weighted by Crippen LogP contribution is 2.38. The quantitative estimate of drug-likeness (QED) is 0.272. The van der Waals surface area contributed by atoms with Crippen molar-refractivity contribution in [3.05, 3.63) is 94.0 Å².